The van der Waals surface area contributed by atoms with Crippen molar-refractivity contribution >= 4 is 16.0 Å². The van der Waals surface area contributed by atoms with E-state index in [4.69, 9.17) is 4.52 Å². The van der Waals surface area contributed by atoms with Crippen molar-refractivity contribution in [1.29, 1.82) is 0 Å². The summed E-state index contributed by atoms with van der Waals surface area (Å²) < 4.78 is 44.4. The molecule has 19 heavy (non-hydrogen) atoms. The molecule has 0 bridgehead atoms. The lowest BCUT2D eigenvalue weighted by Gasteiger charge is -2.10. The fourth-order valence-corrected chi connectivity index (χ4v) is 3.21. The number of anilines is 1. The molecule has 0 spiro atoms. The average molecular weight is 285 g/mol. The normalized spacial score (nSPS) is 11.6. The van der Waals surface area contributed by atoms with Crippen LogP contribution in [0.5, 0.6) is 0 Å². The number of nitrogens with zero attached hydrogens (tertiary/aromatic N) is 2. The summed E-state index contributed by atoms with van der Waals surface area (Å²) in [5.74, 6) is -0.173. The maximum Gasteiger partial charge on any atom is 0.335 e. The maximum absolute atomic E-state index is 13.2. The molecule has 6 nitrogen and oxygen atoms in total. The van der Waals surface area contributed by atoms with Gasteiger partial charge in [0.1, 0.15) is 5.82 Å². The molecular formula is C11H12FN3O3S. The number of hydrogen-bond acceptors (Lipinski definition) is 5. The molecule has 0 saturated heterocycles. The zero-order chi connectivity index (χ0) is 14.2. The molecular weight excluding hydrogens is 273 g/mol. The van der Waals surface area contributed by atoms with Crippen molar-refractivity contribution in [3.8, 4) is 0 Å². The largest absolute Gasteiger partial charge is 0.335 e. The lowest BCUT2D eigenvalue weighted by atomic mass is 10.1. The minimum Gasteiger partial charge on any atom is -0.314 e. The number of sulfonamides is 1. The van der Waals surface area contributed by atoms with Crippen LogP contribution in [0.3, 0.4) is 0 Å². The fraction of sp³-hybridized carbons (Fsp3) is 0.273. The van der Waals surface area contributed by atoms with Crippen LogP contribution in [-0.2, 0) is 10.0 Å². The first-order chi connectivity index (χ1) is 8.79. The first kappa shape index (κ1) is 13.5. The van der Waals surface area contributed by atoms with Crippen LogP contribution in [-0.4, -0.2) is 18.6 Å². The van der Waals surface area contributed by atoms with Crippen LogP contribution in [0.1, 0.15) is 17.0 Å². The van der Waals surface area contributed by atoms with Crippen LogP contribution in [0.15, 0.2) is 21.6 Å². The zero-order valence-corrected chi connectivity index (χ0v) is 11.4. The number of aryl methyl sites for hydroxylation is 3. The third-order valence-corrected chi connectivity index (χ3v) is 4.07. The average Bonchev–Trinajstić information content (AvgIpc) is 2.60. The number of nitrogens with one attached hydrogen (secondary N) is 1. The summed E-state index contributed by atoms with van der Waals surface area (Å²) in [7, 11) is -3.89. The van der Waals surface area contributed by atoms with Crippen LogP contribution in [0.25, 0.3) is 0 Å². The minimum atomic E-state index is -3.89. The van der Waals surface area contributed by atoms with Crippen LogP contribution in [0.2, 0.25) is 0 Å². The van der Waals surface area contributed by atoms with Crippen LogP contribution < -0.4 is 4.72 Å². The SMILES string of the molecule is Cc1noc(NS(=O)(=O)c2c(C)cc(F)cc2C)n1. The Hall–Kier alpha value is -1.96. The molecule has 0 aliphatic carbocycles. The van der Waals surface area contributed by atoms with E-state index in [1.807, 2.05) is 0 Å². The van der Waals surface area contributed by atoms with Gasteiger partial charge in [0.2, 0.25) is 0 Å². The molecule has 0 amide bonds. The van der Waals surface area contributed by atoms with Crippen molar-refractivity contribution in [3.63, 3.8) is 0 Å². The van der Waals surface area contributed by atoms with Gasteiger partial charge >= 0.3 is 6.01 Å². The quantitative estimate of drug-likeness (QED) is 0.931. The topological polar surface area (TPSA) is 85.1 Å². The smallest absolute Gasteiger partial charge is 0.314 e. The lowest BCUT2D eigenvalue weighted by Crippen LogP contribution is -2.16. The molecule has 8 heteroatoms. The van der Waals surface area contributed by atoms with Gasteiger partial charge in [0.15, 0.2) is 5.82 Å². The number of halogens is 1. The number of aromatic nitrogens is 2. The zero-order valence-electron chi connectivity index (χ0n) is 10.6. The van der Waals surface area contributed by atoms with E-state index in [9.17, 15) is 12.8 Å². The Morgan fingerprint density at radius 1 is 1.21 bits per heavy atom. The highest BCUT2D eigenvalue weighted by molar-refractivity contribution is 7.92. The first-order valence-electron chi connectivity index (χ1n) is 5.39. The van der Waals surface area contributed by atoms with Crippen molar-refractivity contribution in [1.82, 2.24) is 10.1 Å². The molecule has 0 fully saturated rings. The third-order valence-electron chi connectivity index (χ3n) is 2.44. The van der Waals surface area contributed by atoms with Crippen molar-refractivity contribution in [2.45, 2.75) is 25.7 Å². The van der Waals surface area contributed by atoms with E-state index in [1.165, 1.54) is 13.8 Å². The van der Waals surface area contributed by atoms with Gasteiger partial charge in [-0.05, 0) is 44.0 Å². The maximum atomic E-state index is 13.2. The molecule has 1 heterocycles. The molecule has 0 aliphatic rings. The van der Waals surface area contributed by atoms with E-state index < -0.39 is 15.8 Å². The Labute approximate surface area is 109 Å². The van der Waals surface area contributed by atoms with Crippen molar-refractivity contribution in [2.24, 2.45) is 0 Å². The Morgan fingerprint density at radius 2 is 1.79 bits per heavy atom. The summed E-state index contributed by atoms with van der Waals surface area (Å²) in [4.78, 5) is 3.76. The Bertz CT molecular complexity index is 702. The van der Waals surface area contributed by atoms with Crippen molar-refractivity contribution < 1.29 is 17.3 Å². The molecule has 0 atom stereocenters. The number of hydrogen-bond donors (Lipinski definition) is 1. The Morgan fingerprint density at radius 3 is 2.26 bits per heavy atom. The third kappa shape index (κ3) is 2.73. The van der Waals surface area contributed by atoms with Gasteiger partial charge in [0.05, 0.1) is 4.90 Å². The highest BCUT2D eigenvalue weighted by atomic mass is 32.2. The van der Waals surface area contributed by atoms with Crippen LogP contribution >= 0.6 is 0 Å². The summed E-state index contributed by atoms with van der Waals surface area (Å²) in [6.07, 6.45) is 0. The van der Waals surface area contributed by atoms with E-state index in [2.05, 4.69) is 14.9 Å². The van der Waals surface area contributed by atoms with Crippen LogP contribution in [0, 0.1) is 26.6 Å². The molecule has 0 radical (unpaired) electrons. The van der Waals surface area contributed by atoms with Gasteiger partial charge in [-0.3, -0.25) is 0 Å². The van der Waals surface area contributed by atoms with Gasteiger partial charge in [-0.1, -0.05) is 5.16 Å². The lowest BCUT2D eigenvalue weighted by molar-refractivity contribution is 0.429. The van der Waals surface area contributed by atoms with Crippen LogP contribution in [0.4, 0.5) is 10.4 Å². The van der Waals surface area contributed by atoms with Crippen molar-refractivity contribution in [2.75, 3.05) is 4.72 Å². The van der Waals surface area contributed by atoms with Gasteiger partial charge in [0.25, 0.3) is 10.0 Å². The predicted molar refractivity (Wildman–Crippen MR) is 65.7 cm³/mol. The molecule has 1 aromatic carbocycles. The van der Waals surface area contributed by atoms with Gasteiger partial charge in [-0.15, -0.1) is 0 Å². The van der Waals surface area contributed by atoms with E-state index in [1.54, 1.807) is 6.92 Å². The summed E-state index contributed by atoms with van der Waals surface area (Å²) in [6, 6.07) is 2.09. The minimum absolute atomic E-state index is 0.00440. The second-order valence-electron chi connectivity index (χ2n) is 4.12. The monoisotopic (exact) mass is 285 g/mol. The standard InChI is InChI=1S/C11H12FN3O3S/c1-6-4-9(12)5-7(2)10(6)19(16,17)15-11-13-8(3)14-18-11/h4-5H,1-3H3,(H,13,14,15). The summed E-state index contributed by atoms with van der Waals surface area (Å²) in [5, 5.41) is 3.48. The molecule has 102 valence electrons. The number of benzene rings is 1. The molecule has 2 aromatic rings. The fourth-order valence-electron chi connectivity index (χ4n) is 1.83. The highest BCUT2D eigenvalue weighted by Crippen LogP contribution is 2.23. The second-order valence-corrected chi connectivity index (χ2v) is 5.74. The molecule has 2 rings (SSSR count). The van der Waals surface area contributed by atoms with Gasteiger partial charge < -0.3 is 4.52 Å². The summed E-state index contributed by atoms with van der Waals surface area (Å²) in [5.41, 5.74) is 0.613. The first-order valence-corrected chi connectivity index (χ1v) is 6.88. The van der Waals surface area contributed by atoms with E-state index >= 15 is 0 Å². The van der Waals surface area contributed by atoms with E-state index in [-0.39, 0.29) is 10.9 Å². The van der Waals surface area contributed by atoms with Gasteiger partial charge in [-0.2, -0.15) is 4.98 Å². The number of rotatable bonds is 3. The van der Waals surface area contributed by atoms with Gasteiger partial charge in [0, 0.05) is 0 Å². The molecule has 1 N–H and O–H groups in total. The molecule has 0 unspecified atom stereocenters. The summed E-state index contributed by atoms with van der Waals surface area (Å²) >= 11 is 0. The Balaban J connectivity index is 2.45. The molecule has 0 saturated carbocycles. The predicted octanol–water partition coefficient (Wildman–Crippen LogP) is 1.93. The van der Waals surface area contributed by atoms with Gasteiger partial charge in [-0.25, -0.2) is 17.5 Å². The summed E-state index contributed by atoms with van der Waals surface area (Å²) in [6.45, 7) is 4.60. The Kier molecular flexibility index (Phi) is 3.27. The van der Waals surface area contributed by atoms with Crippen molar-refractivity contribution in [3.05, 3.63) is 34.9 Å². The molecule has 0 aliphatic heterocycles. The van der Waals surface area contributed by atoms with E-state index in [0.717, 1.165) is 12.1 Å². The van der Waals surface area contributed by atoms with E-state index in [0.29, 0.717) is 17.0 Å². The highest BCUT2D eigenvalue weighted by Gasteiger charge is 2.22. The molecule has 1 aromatic heterocycles. The second kappa shape index (κ2) is 4.61.